The van der Waals surface area contributed by atoms with Crippen LogP contribution in [0.1, 0.15) is 47.6 Å². The lowest BCUT2D eigenvalue weighted by Gasteiger charge is -2.35. The van der Waals surface area contributed by atoms with Crippen LogP contribution in [-0.2, 0) is 11.2 Å². The first-order chi connectivity index (χ1) is 17.5. The Hall–Kier alpha value is -3.71. The van der Waals surface area contributed by atoms with E-state index in [1.165, 1.54) is 17.3 Å². The number of carbonyl (C=O) groups is 1. The molecule has 1 fully saturated rings. The molecule has 6 rings (SSSR count). The third-order valence-electron chi connectivity index (χ3n) is 7.53. The van der Waals surface area contributed by atoms with E-state index in [1.54, 1.807) is 12.3 Å². The molecule has 2 aliphatic carbocycles. The molecule has 6 nitrogen and oxygen atoms in total. The minimum Gasteiger partial charge on any atom is -0.334 e. The molecule has 0 radical (unpaired) electrons. The van der Waals surface area contributed by atoms with E-state index in [4.69, 9.17) is 4.52 Å². The van der Waals surface area contributed by atoms with E-state index >= 15 is 0 Å². The van der Waals surface area contributed by atoms with Crippen LogP contribution in [-0.4, -0.2) is 27.5 Å². The minimum atomic E-state index is -0.344. The third-order valence-corrected chi connectivity index (χ3v) is 7.53. The quantitative estimate of drug-likeness (QED) is 0.351. The number of benzene rings is 2. The maximum Gasteiger partial charge on any atom is 0.258 e. The number of fused-ring (bicyclic) bond motifs is 1. The predicted molar refractivity (Wildman–Crippen MR) is 135 cm³/mol. The summed E-state index contributed by atoms with van der Waals surface area (Å²) < 4.78 is 20.0. The van der Waals surface area contributed by atoms with Gasteiger partial charge in [0.1, 0.15) is 12.1 Å². The molecule has 7 heteroatoms. The second-order valence-electron chi connectivity index (χ2n) is 10.00. The third kappa shape index (κ3) is 4.03. The molecular weight excluding hydrogens is 455 g/mol. The first-order valence-electron chi connectivity index (χ1n) is 12.4. The zero-order chi connectivity index (χ0) is 24.8. The van der Waals surface area contributed by atoms with Crippen molar-refractivity contribution in [3.8, 4) is 34.0 Å². The normalized spacial score (nSPS) is 20.7. The monoisotopic (exact) mass is 482 g/mol. The molecule has 0 bridgehead atoms. The molecule has 2 aromatic heterocycles. The molecule has 2 aromatic carbocycles. The van der Waals surface area contributed by atoms with Gasteiger partial charge in [0.2, 0.25) is 5.82 Å². The highest BCUT2D eigenvalue weighted by molar-refractivity contribution is 5.75. The molecule has 1 atom stereocenters. The molecule has 36 heavy (non-hydrogen) atoms. The van der Waals surface area contributed by atoms with Crippen LogP contribution in [0, 0.1) is 25.6 Å². The number of rotatable bonds is 6. The van der Waals surface area contributed by atoms with Gasteiger partial charge in [0.05, 0.1) is 6.20 Å². The highest BCUT2D eigenvalue weighted by atomic mass is 19.1. The van der Waals surface area contributed by atoms with Gasteiger partial charge in [0.25, 0.3) is 5.89 Å². The summed E-state index contributed by atoms with van der Waals surface area (Å²) in [5.41, 5.74) is 7.60. The van der Waals surface area contributed by atoms with Crippen LogP contribution >= 0.6 is 0 Å². The molecule has 4 aromatic rings. The second kappa shape index (κ2) is 9.06. The second-order valence-corrected chi connectivity index (χ2v) is 10.00. The van der Waals surface area contributed by atoms with Crippen LogP contribution in [0.2, 0.25) is 0 Å². The van der Waals surface area contributed by atoms with Crippen molar-refractivity contribution in [3.63, 3.8) is 0 Å². The van der Waals surface area contributed by atoms with Crippen molar-refractivity contribution in [2.45, 2.75) is 51.6 Å². The molecule has 0 amide bonds. The van der Waals surface area contributed by atoms with Crippen LogP contribution in [0.4, 0.5) is 4.39 Å². The number of aromatic nitrogens is 3. The van der Waals surface area contributed by atoms with Crippen molar-refractivity contribution in [1.82, 2.24) is 20.4 Å². The van der Waals surface area contributed by atoms with Gasteiger partial charge in [-0.2, -0.15) is 4.98 Å². The molecule has 0 aliphatic heterocycles. The van der Waals surface area contributed by atoms with Gasteiger partial charge in [-0.25, -0.2) is 4.39 Å². The SMILES string of the molecule is Cc1cc(-c2nc(-c3ccc4c(c3)CCC4NC3CC(C=O)C3)no2)cc(C)c1-c1ccncc1F. The van der Waals surface area contributed by atoms with Crippen molar-refractivity contribution >= 4 is 6.29 Å². The van der Waals surface area contributed by atoms with E-state index in [-0.39, 0.29) is 11.7 Å². The molecule has 0 saturated heterocycles. The maximum absolute atomic E-state index is 14.4. The molecular formula is C29H27FN4O2. The summed E-state index contributed by atoms with van der Waals surface area (Å²) in [5, 5.41) is 7.96. The Labute approximate surface area is 209 Å². The Morgan fingerprint density at radius 1 is 1.08 bits per heavy atom. The van der Waals surface area contributed by atoms with Crippen LogP contribution in [0.25, 0.3) is 34.0 Å². The summed E-state index contributed by atoms with van der Waals surface area (Å²) >= 11 is 0. The fourth-order valence-corrected chi connectivity index (χ4v) is 5.67. The van der Waals surface area contributed by atoms with Crippen LogP contribution in [0.3, 0.4) is 0 Å². The number of carbonyl (C=O) groups excluding carboxylic acids is 1. The van der Waals surface area contributed by atoms with Crippen LogP contribution < -0.4 is 5.32 Å². The molecule has 2 heterocycles. The number of hydrogen-bond donors (Lipinski definition) is 1. The summed E-state index contributed by atoms with van der Waals surface area (Å²) in [6, 6.07) is 12.7. The van der Waals surface area contributed by atoms with Gasteiger partial charge < -0.3 is 14.6 Å². The van der Waals surface area contributed by atoms with E-state index in [2.05, 4.69) is 32.6 Å². The van der Waals surface area contributed by atoms with Gasteiger partial charge in [-0.15, -0.1) is 0 Å². The van der Waals surface area contributed by atoms with Crippen LogP contribution in [0.15, 0.2) is 53.3 Å². The summed E-state index contributed by atoms with van der Waals surface area (Å²) in [5.74, 6) is 0.867. The Kier molecular flexibility index (Phi) is 5.72. The summed E-state index contributed by atoms with van der Waals surface area (Å²) in [7, 11) is 0. The minimum absolute atomic E-state index is 0.221. The Morgan fingerprint density at radius 2 is 1.89 bits per heavy atom. The van der Waals surface area contributed by atoms with Gasteiger partial charge in [-0.3, -0.25) is 4.98 Å². The van der Waals surface area contributed by atoms with E-state index in [1.807, 2.05) is 32.0 Å². The van der Waals surface area contributed by atoms with E-state index in [0.717, 1.165) is 59.8 Å². The summed E-state index contributed by atoms with van der Waals surface area (Å²) in [4.78, 5) is 19.4. The number of nitrogens with one attached hydrogen (secondary N) is 1. The molecule has 182 valence electrons. The first kappa shape index (κ1) is 22.7. The molecule has 1 saturated carbocycles. The Bertz CT molecular complexity index is 1430. The van der Waals surface area contributed by atoms with Crippen molar-refractivity contribution in [1.29, 1.82) is 0 Å². The molecule has 1 unspecified atom stereocenters. The fourth-order valence-electron chi connectivity index (χ4n) is 5.67. The van der Waals surface area contributed by atoms with Gasteiger partial charge in [-0.05, 0) is 91.6 Å². The van der Waals surface area contributed by atoms with Crippen molar-refractivity contribution in [2.24, 2.45) is 5.92 Å². The number of nitrogens with zero attached hydrogens (tertiary/aromatic N) is 3. The van der Waals surface area contributed by atoms with E-state index < -0.39 is 0 Å². The smallest absolute Gasteiger partial charge is 0.258 e. The number of hydrogen-bond acceptors (Lipinski definition) is 6. The van der Waals surface area contributed by atoms with Gasteiger partial charge in [-0.1, -0.05) is 17.3 Å². The highest BCUT2D eigenvalue weighted by Crippen LogP contribution is 2.37. The zero-order valence-electron chi connectivity index (χ0n) is 20.3. The number of halogens is 1. The molecule has 2 aliphatic rings. The Balaban J connectivity index is 1.23. The van der Waals surface area contributed by atoms with Crippen molar-refractivity contribution in [2.75, 3.05) is 0 Å². The zero-order valence-corrected chi connectivity index (χ0v) is 20.3. The lowest BCUT2D eigenvalue weighted by atomic mass is 9.81. The standard InChI is InChI=1S/C29H27FN4O2/c1-16-9-21(10-17(2)27(16)24-7-8-31-14-25(24)30)29-33-28(34-36-29)20-3-5-23-19(13-20)4-6-26(23)32-22-11-18(12-22)15-35/h3,5,7-10,13-15,18,22,26,32H,4,6,11-12H2,1-2H3. The van der Waals surface area contributed by atoms with Gasteiger partial charge in [0, 0.05) is 40.9 Å². The Morgan fingerprint density at radius 3 is 2.64 bits per heavy atom. The van der Waals surface area contributed by atoms with E-state index in [0.29, 0.717) is 29.4 Å². The highest BCUT2D eigenvalue weighted by Gasteiger charge is 2.32. The molecule has 1 N–H and O–H groups in total. The average molecular weight is 483 g/mol. The van der Waals surface area contributed by atoms with Gasteiger partial charge >= 0.3 is 0 Å². The van der Waals surface area contributed by atoms with Gasteiger partial charge in [0.15, 0.2) is 0 Å². The van der Waals surface area contributed by atoms with Crippen molar-refractivity contribution in [3.05, 3.63) is 76.9 Å². The summed E-state index contributed by atoms with van der Waals surface area (Å²) in [6.07, 6.45) is 7.84. The fraction of sp³-hybridized carbons (Fsp3) is 0.310. The lowest BCUT2D eigenvalue weighted by molar-refractivity contribution is -0.113. The number of aryl methyl sites for hydroxylation is 3. The van der Waals surface area contributed by atoms with Crippen LogP contribution in [0.5, 0.6) is 0 Å². The first-order valence-corrected chi connectivity index (χ1v) is 12.4. The maximum atomic E-state index is 14.4. The molecule has 0 spiro atoms. The number of pyridine rings is 1. The van der Waals surface area contributed by atoms with E-state index in [9.17, 15) is 9.18 Å². The lowest BCUT2D eigenvalue weighted by Crippen LogP contribution is -2.43. The summed E-state index contributed by atoms with van der Waals surface area (Å²) in [6.45, 7) is 3.91. The topological polar surface area (TPSA) is 80.9 Å². The largest absolute Gasteiger partial charge is 0.334 e. The predicted octanol–water partition coefficient (Wildman–Crippen LogP) is 5.78. The van der Waals surface area contributed by atoms with Crippen molar-refractivity contribution < 1.29 is 13.7 Å². The average Bonchev–Trinajstić information content (AvgIpc) is 3.49. The number of aldehydes is 1.